The molecule has 0 saturated carbocycles. The number of hydrogen-bond donors (Lipinski definition) is 1. The van der Waals surface area contributed by atoms with Gasteiger partial charge < -0.3 is 5.11 Å². The van der Waals surface area contributed by atoms with Crippen molar-refractivity contribution < 1.29 is 9.90 Å². The highest BCUT2D eigenvalue weighted by Crippen LogP contribution is 2.16. The predicted octanol–water partition coefficient (Wildman–Crippen LogP) is 2.20. The van der Waals surface area contributed by atoms with E-state index in [2.05, 4.69) is 0 Å². The lowest BCUT2D eigenvalue weighted by Crippen LogP contribution is -2.23. The van der Waals surface area contributed by atoms with Gasteiger partial charge >= 0.3 is 0 Å². The fourth-order valence-corrected chi connectivity index (χ4v) is 1.48. The van der Waals surface area contributed by atoms with Crippen LogP contribution in [0.4, 0.5) is 0 Å². The summed E-state index contributed by atoms with van der Waals surface area (Å²) in [7, 11) is 0. The maximum absolute atomic E-state index is 11.3. The lowest BCUT2D eigenvalue weighted by molar-refractivity contribution is 0.0805. The first-order valence-corrected chi connectivity index (χ1v) is 4.71. The zero-order valence-corrected chi connectivity index (χ0v) is 8.87. The summed E-state index contributed by atoms with van der Waals surface area (Å²) in [4.78, 5) is 11.3. The van der Waals surface area contributed by atoms with E-state index >= 15 is 0 Å². The van der Waals surface area contributed by atoms with Crippen LogP contribution >= 0.6 is 0 Å². The van der Waals surface area contributed by atoms with Crippen molar-refractivity contribution in [3.05, 3.63) is 35.4 Å². The number of carbonyl (C=O) groups is 1. The zero-order valence-electron chi connectivity index (χ0n) is 8.87. The van der Waals surface area contributed by atoms with Crippen molar-refractivity contribution in [2.45, 2.75) is 32.8 Å². The van der Waals surface area contributed by atoms with Crippen LogP contribution in [-0.2, 0) is 6.42 Å². The lowest BCUT2D eigenvalue weighted by Gasteiger charge is -2.18. The summed E-state index contributed by atoms with van der Waals surface area (Å²) in [6, 6.07) is 7.40. The van der Waals surface area contributed by atoms with E-state index in [1.807, 2.05) is 18.2 Å². The van der Waals surface area contributed by atoms with Crippen LogP contribution in [0.5, 0.6) is 0 Å². The second-order valence-electron chi connectivity index (χ2n) is 4.20. The number of hydrogen-bond acceptors (Lipinski definition) is 2. The fraction of sp³-hybridized carbons (Fsp3) is 0.417. The molecule has 76 valence electrons. The molecule has 0 heterocycles. The Bertz CT molecular complexity index is 334. The van der Waals surface area contributed by atoms with E-state index < -0.39 is 5.60 Å². The Morgan fingerprint density at radius 3 is 2.43 bits per heavy atom. The Kier molecular flexibility index (Phi) is 3.06. The lowest BCUT2D eigenvalue weighted by atomic mass is 9.93. The summed E-state index contributed by atoms with van der Waals surface area (Å²) in [5.74, 6) is 0.0462. The molecule has 0 aliphatic carbocycles. The molecule has 0 amide bonds. The number of benzene rings is 1. The highest BCUT2D eigenvalue weighted by atomic mass is 16.3. The van der Waals surface area contributed by atoms with Crippen LogP contribution in [0.1, 0.15) is 36.7 Å². The molecule has 1 aromatic rings. The van der Waals surface area contributed by atoms with E-state index in [9.17, 15) is 9.90 Å². The SMILES string of the molecule is CC(=O)c1ccccc1CC(C)(C)O. The summed E-state index contributed by atoms with van der Waals surface area (Å²) < 4.78 is 0. The van der Waals surface area contributed by atoms with Crippen LogP contribution in [0, 0.1) is 0 Å². The maximum atomic E-state index is 11.3. The number of carbonyl (C=O) groups excluding carboxylic acids is 1. The second kappa shape index (κ2) is 3.93. The van der Waals surface area contributed by atoms with Gasteiger partial charge in [-0.2, -0.15) is 0 Å². The second-order valence-corrected chi connectivity index (χ2v) is 4.20. The van der Waals surface area contributed by atoms with Gasteiger partial charge in [-0.15, -0.1) is 0 Å². The molecule has 0 aromatic heterocycles. The number of aliphatic hydroxyl groups is 1. The third-order valence-corrected chi connectivity index (χ3v) is 2.02. The predicted molar refractivity (Wildman–Crippen MR) is 56.4 cm³/mol. The Morgan fingerprint density at radius 2 is 1.93 bits per heavy atom. The highest BCUT2D eigenvalue weighted by Gasteiger charge is 2.16. The summed E-state index contributed by atoms with van der Waals surface area (Å²) in [6.07, 6.45) is 0.503. The minimum Gasteiger partial charge on any atom is -0.390 e. The summed E-state index contributed by atoms with van der Waals surface area (Å²) in [5.41, 5.74) is 0.841. The quantitative estimate of drug-likeness (QED) is 0.745. The molecule has 0 aliphatic heterocycles. The molecule has 1 N–H and O–H groups in total. The van der Waals surface area contributed by atoms with E-state index in [0.29, 0.717) is 12.0 Å². The molecule has 0 saturated heterocycles. The number of rotatable bonds is 3. The third kappa shape index (κ3) is 2.96. The smallest absolute Gasteiger partial charge is 0.160 e. The number of ketones is 1. The first kappa shape index (κ1) is 10.9. The molecular weight excluding hydrogens is 176 g/mol. The molecule has 2 nitrogen and oxygen atoms in total. The first-order chi connectivity index (χ1) is 6.40. The van der Waals surface area contributed by atoms with Gasteiger partial charge in [-0.1, -0.05) is 24.3 Å². The number of Topliss-reactive ketones (excluding diaryl/α,β-unsaturated/α-hetero) is 1. The molecule has 0 radical (unpaired) electrons. The van der Waals surface area contributed by atoms with Gasteiger partial charge in [-0.25, -0.2) is 0 Å². The maximum Gasteiger partial charge on any atom is 0.160 e. The van der Waals surface area contributed by atoms with E-state index in [1.54, 1.807) is 26.8 Å². The van der Waals surface area contributed by atoms with Crippen LogP contribution in [0.15, 0.2) is 24.3 Å². The molecule has 0 bridgehead atoms. The molecule has 1 rings (SSSR count). The van der Waals surface area contributed by atoms with Crippen molar-refractivity contribution in [3.8, 4) is 0 Å². The molecule has 0 fully saturated rings. The van der Waals surface area contributed by atoms with Crippen molar-refractivity contribution in [2.24, 2.45) is 0 Å². The average Bonchev–Trinajstić information content (AvgIpc) is 2.01. The zero-order chi connectivity index (χ0) is 10.8. The van der Waals surface area contributed by atoms with Crippen molar-refractivity contribution in [1.82, 2.24) is 0 Å². The third-order valence-electron chi connectivity index (χ3n) is 2.02. The van der Waals surface area contributed by atoms with Gasteiger partial charge in [-0.05, 0) is 26.3 Å². The van der Waals surface area contributed by atoms with Gasteiger partial charge in [0.15, 0.2) is 5.78 Å². The van der Waals surface area contributed by atoms with Gasteiger partial charge in [0.1, 0.15) is 0 Å². The Hall–Kier alpha value is -1.15. The van der Waals surface area contributed by atoms with Crippen LogP contribution in [0.2, 0.25) is 0 Å². The molecule has 2 heteroatoms. The van der Waals surface area contributed by atoms with Crippen LogP contribution in [-0.4, -0.2) is 16.5 Å². The van der Waals surface area contributed by atoms with E-state index in [-0.39, 0.29) is 5.78 Å². The van der Waals surface area contributed by atoms with Crippen molar-refractivity contribution in [3.63, 3.8) is 0 Å². The van der Waals surface area contributed by atoms with E-state index in [4.69, 9.17) is 0 Å². The largest absolute Gasteiger partial charge is 0.390 e. The summed E-state index contributed by atoms with van der Waals surface area (Å²) >= 11 is 0. The summed E-state index contributed by atoms with van der Waals surface area (Å²) in [5, 5.41) is 9.67. The molecule has 0 atom stereocenters. The van der Waals surface area contributed by atoms with Gasteiger partial charge in [0.05, 0.1) is 5.60 Å². The van der Waals surface area contributed by atoms with Crippen molar-refractivity contribution in [2.75, 3.05) is 0 Å². The van der Waals surface area contributed by atoms with Gasteiger partial charge in [0, 0.05) is 12.0 Å². The molecule has 0 unspecified atom stereocenters. The molecule has 0 aliphatic rings. The van der Waals surface area contributed by atoms with Crippen molar-refractivity contribution in [1.29, 1.82) is 0 Å². The minimum atomic E-state index is -0.772. The molecular formula is C12H16O2. The highest BCUT2D eigenvalue weighted by molar-refractivity contribution is 5.95. The van der Waals surface area contributed by atoms with E-state index in [1.165, 1.54) is 0 Å². The van der Waals surface area contributed by atoms with Crippen LogP contribution in [0.25, 0.3) is 0 Å². The normalized spacial score (nSPS) is 11.4. The summed E-state index contributed by atoms with van der Waals surface area (Å²) in [6.45, 7) is 5.02. The molecule has 14 heavy (non-hydrogen) atoms. The topological polar surface area (TPSA) is 37.3 Å². The van der Waals surface area contributed by atoms with E-state index in [0.717, 1.165) is 5.56 Å². The Balaban J connectivity index is 3.02. The molecule has 1 aromatic carbocycles. The van der Waals surface area contributed by atoms with Gasteiger partial charge in [0.25, 0.3) is 0 Å². The monoisotopic (exact) mass is 192 g/mol. The Labute approximate surface area is 84.6 Å². The van der Waals surface area contributed by atoms with Gasteiger partial charge in [0.2, 0.25) is 0 Å². The Morgan fingerprint density at radius 1 is 1.36 bits per heavy atom. The van der Waals surface area contributed by atoms with Crippen molar-refractivity contribution >= 4 is 5.78 Å². The first-order valence-electron chi connectivity index (χ1n) is 4.71. The fourth-order valence-electron chi connectivity index (χ4n) is 1.48. The average molecular weight is 192 g/mol. The van der Waals surface area contributed by atoms with Crippen LogP contribution in [0.3, 0.4) is 0 Å². The standard InChI is InChI=1S/C12H16O2/c1-9(13)11-7-5-4-6-10(11)8-12(2,3)14/h4-7,14H,8H2,1-3H3. The minimum absolute atomic E-state index is 0.0462. The molecule has 0 spiro atoms. The van der Waals surface area contributed by atoms with Gasteiger partial charge in [-0.3, -0.25) is 4.79 Å². The van der Waals surface area contributed by atoms with Crippen LogP contribution < -0.4 is 0 Å².